The first-order chi connectivity index (χ1) is 7.56. The number of aromatic amines is 1. The van der Waals surface area contributed by atoms with Gasteiger partial charge in [-0.2, -0.15) is 5.10 Å². The number of anilines is 1. The van der Waals surface area contributed by atoms with Crippen molar-refractivity contribution >= 4 is 11.7 Å². The second-order valence-electron chi connectivity index (χ2n) is 3.72. The van der Waals surface area contributed by atoms with Gasteiger partial charge in [-0.1, -0.05) is 0 Å². The van der Waals surface area contributed by atoms with E-state index in [1.54, 1.807) is 19.1 Å². The summed E-state index contributed by atoms with van der Waals surface area (Å²) in [5.41, 5.74) is 1.44. The molecule has 2 aromatic heterocycles. The van der Waals surface area contributed by atoms with Crippen molar-refractivity contribution in [2.24, 2.45) is 0 Å². The number of H-pyrrole nitrogens is 1. The molecule has 0 aliphatic carbocycles. The standard InChI is InChI=1S/C11H13N3O2/c1-6-4-10(14-13-6)12-11(15)9-5-7(2)16-8(9)3/h4-5H,1-3H3,(H2,12,13,14,15). The van der Waals surface area contributed by atoms with E-state index in [0.29, 0.717) is 17.1 Å². The Balaban J connectivity index is 2.17. The molecule has 0 spiro atoms. The van der Waals surface area contributed by atoms with Crippen molar-refractivity contribution in [3.05, 3.63) is 34.9 Å². The molecule has 0 unspecified atom stereocenters. The normalized spacial score (nSPS) is 10.4. The highest BCUT2D eigenvalue weighted by Gasteiger charge is 2.14. The van der Waals surface area contributed by atoms with Crippen LogP contribution in [-0.2, 0) is 0 Å². The van der Waals surface area contributed by atoms with E-state index in [4.69, 9.17) is 4.42 Å². The molecule has 0 bridgehead atoms. The zero-order chi connectivity index (χ0) is 11.7. The highest BCUT2D eigenvalue weighted by Crippen LogP contribution is 2.15. The van der Waals surface area contributed by atoms with Crippen LogP contribution in [0.3, 0.4) is 0 Å². The van der Waals surface area contributed by atoms with E-state index < -0.39 is 0 Å². The summed E-state index contributed by atoms with van der Waals surface area (Å²) in [6.07, 6.45) is 0. The van der Waals surface area contributed by atoms with Crippen molar-refractivity contribution in [1.82, 2.24) is 10.2 Å². The van der Waals surface area contributed by atoms with Gasteiger partial charge in [-0.05, 0) is 26.8 Å². The van der Waals surface area contributed by atoms with Gasteiger partial charge in [-0.3, -0.25) is 9.89 Å². The Morgan fingerprint density at radius 2 is 2.12 bits per heavy atom. The van der Waals surface area contributed by atoms with E-state index in [9.17, 15) is 4.79 Å². The van der Waals surface area contributed by atoms with Gasteiger partial charge >= 0.3 is 0 Å². The van der Waals surface area contributed by atoms with Crippen molar-refractivity contribution < 1.29 is 9.21 Å². The molecule has 2 rings (SSSR count). The lowest BCUT2D eigenvalue weighted by molar-refractivity contribution is 0.102. The first-order valence-electron chi connectivity index (χ1n) is 4.96. The summed E-state index contributed by atoms with van der Waals surface area (Å²) >= 11 is 0. The predicted octanol–water partition coefficient (Wildman–Crippen LogP) is 2.18. The first kappa shape index (κ1) is 10.5. The van der Waals surface area contributed by atoms with Gasteiger partial charge in [-0.25, -0.2) is 0 Å². The molecule has 0 atom stereocenters. The minimum Gasteiger partial charge on any atom is -0.466 e. The summed E-state index contributed by atoms with van der Waals surface area (Å²) in [4.78, 5) is 11.8. The lowest BCUT2D eigenvalue weighted by atomic mass is 10.2. The minimum atomic E-state index is -0.208. The van der Waals surface area contributed by atoms with Crippen LogP contribution in [0.4, 0.5) is 5.82 Å². The lowest BCUT2D eigenvalue weighted by Crippen LogP contribution is -2.12. The summed E-state index contributed by atoms with van der Waals surface area (Å²) in [6.45, 7) is 5.44. The molecule has 2 heterocycles. The van der Waals surface area contributed by atoms with Gasteiger partial charge in [0.2, 0.25) is 0 Å². The molecule has 2 N–H and O–H groups in total. The minimum absolute atomic E-state index is 0.208. The largest absolute Gasteiger partial charge is 0.466 e. The summed E-state index contributed by atoms with van der Waals surface area (Å²) in [5, 5.41) is 9.38. The van der Waals surface area contributed by atoms with Crippen LogP contribution < -0.4 is 5.32 Å². The van der Waals surface area contributed by atoms with Gasteiger partial charge in [-0.15, -0.1) is 0 Å². The predicted molar refractivity (Wildman–Crippen MR) is 59.5 cm³/mol. The number of hydrogen-bond acceptors (Lipinski definition) is 3. The third-order valence-corrected chi connectivity index (χ3v) is 2.23. The van der Waals surface area contributed by atoms with Gasteiger partial charge in [0.15, 0.2) is 5.82 Å². The molecule has 5 heteroatoms. The molecule has 0 saturated heterocycles. The van der Waals surface area contributed by atoms with Crippen molar-refractivity contribution in [1.29, 1.82) is 0 Å². The highest BCUT2D eigenvalue weighted by molar-refractivity contribution is 6.04. The van der Waals surface area contributed by atoms with Gasteiger partial charge in [0.1, 0.15) is 11.5 Å². The zero-order valence-corrected chi connectivity index (χ0v) is 9.42. The van der Waals surface area contributed by atoms with Crippen LogP contribution in [0.5, 0.6) is 0 Å². The Bertz CT molecular complexity index is 525. The Hall–Kier alpha value is -2.04. The monoisotopic (exact) mass is 219 g/mol. The highest BCUT2D eigenvalue weighted by atomic mass is 16.3. The summed E-state index contributed by atoms with van der Waals surface area (Å²) in [7, 11) is 0. The lowest BCUT2D eigenvalue weighted by Gasteiger charge is -1.98. The van der Waals surface area contributed by atoms with E-state index in [0.717, 1.165) is 11.5 Å². The SMILES string of the molecule is Cc1cc(NC(=O)c2cc(C)oc2C)n[nH]1. The molecule has 16 heavy (non-hydrogen) atoms. The van der Waals surface area contributed by atoms with Crippen molar-refractivity contribution in [3.8, 4) is 0 Å². The van der Waals surface area contributed by atoms with Crippen molar-refractivity contribution in [3.63, 3.8) is 0 Å². The molecule has 0 aromatic carbocycles. The first-order valence-corrected chi connectivity index (χ1v) is 4.96. The molecule has 0 radical (unpaired) electrons. The number of carbonyl (C=O) groups excluding carboxylic acids is 1. The van der Waals surface area contributed by atoms with E-state index in [1.165, 1.54) is 0 Å². The quantitative estimate of drug-likeness (QED) is 0.813. The average Bonchev–Trinajstić information content (AvgIpc) is 2.73. The molecule has 0 saturated carbocycles. The topological polar surface area (TPSA) is 70.9 Å². The molecule has 0 fully saturated rings. The van der Waals surface area contributed by atoms with Crippen LogP contribution in [0.1, 0.15) is 27.6 Å². The zero-order valence-electron chi connectivity index (χ0n) is 9.42. The van der Waals surface area contributed by atoms with Crippen LogP contribution in [0.25, 0.3) is 0 Å². The van der Waals surface area contributed by atoms with E-state index in [2.05, 4.69) is 15.5 Å². The third kappa shape index (κ3) is 1.98. The fraction of sp³-hybridized carbons (Fsp3) is 0.273. The number of nitrogens with zero attached hydrogens (tertiary/aromatic N) is 1. The number of nitrogens with one attached hydrogen (secondary N) is 2. The smallest absolute Gasteiger partial charge is 0.260 e. The number of amides is 1. The number of carbonyl (C=O) groups is 1. The van der Waals surface area contributed by atoms with Crippen molar-refractivity contribution in [2.75, 3.05) is 5.32 Å². The Morgan fingerprint density at radius 3 is 2.62 bits per heavy atom. The average molecular weight is 219 g/mol. The van der Waals surface area contributed by atoms with Crippen LogP contribution in [0.2, 0.25) is 0 Å². The van der Waals surface area contributed by atoms with Gasteiger partial charge in [0, 0.05) is 11.8 Å². The van der Waals surface area contributed by atoms with E-state index >= 15 is 0 Å². The number of rotatable bonds is 2. The Kier molecular flexibility index (Phi) is 2.52. The second-order valence-corrected chi connectivity index (χ2v) is 3.72. The maximum Gasteiger partial charge on any atom is 0.260 e. The van der Waals surface area contributed by atoms with Gasteiger partial charge in [0.05, 0.1) is 5.56 Å². The van der Waals surface area contributed by atoms with Crippen LogP contribution in [0.15, 0.2) is 16.5 Å². The fourth-order valence-electron chi connectivity index (χ4n) is 1.52. The van der Waals surface area contributed by atoms with Crippen LogP contribution in [0, 0.1) is 20.8 Å². The molecule has 2 aromatic rings. The molecule has 1 amide bonds. The van der Waals surface area contributed by atoms with Crippen molar-refractivity contribution in [2.45, 2.75) is 20.8 Å². The molecule has 84 valence electrons. The van der Waals surface area contributed by atoms with E-state index in [-0.39, 0.29) is 5.91 Å². The summed E-state index contributed by atoms with van der Waals surface area (Å²) < 4.78 is 5.29. The number of aromatic nitrogens is 2. The number of aryl methyl sites for hydroxylation is 3. The summed E-state index contributed by atoms with van der Waals surface area (Å²) in [6, 6.07) is 3.48. The molecule has 0 aliphatic rings. The summed E-state index contributed by atoms with van der Waals surface area (Å²) in [5.74, 6) is 1.64. The Morgan fingerprint density at radius 1 is 1.38 bits per heavy atom. The molecular formula is C11H13N3O2. The number of hydrogen-bond donors (Lipinski definition) is 2. The van der Waals surface area contributed by atoms with E-state index in [1.807, 2.05) is 13.8 Å². The maximum absolute atomic E-state index is 11.8. The fourth-order valence-corrected chi connectivity index (χ4v) is 1.52. The Labute approximate surface area is 92.9 Å². The number of furan rings is 1. The second kappa shape index (κ2) is 3.84. The van der Waals surface area contributed by atoms with Gasteiger partial charge in [0.25, 0.3) is 5.91 Å². The van der Waals surface area contributed by atoms with Gasteiger partial charge < -0.3 is 9.73 Å². The van der Waals surface area contributed by atoms with Crippen LogP contribution >= 0.6 is 0 Å². The molecular weight excluding hydrogens is 206 g/mol. The maximum atomic E-state index is 11.8. The molecule has 0 aliphatic heterocycles. The molecule has 5 nitrogen and oxygen atoms in total. The van der Waals surface area contributed by atoms with Crippen LogP contribution in [-0.4, -0.2) is 16.1 Å². The third-order valence-electron chi connectivity index (χ3n) is 2.23.